The summed E-state index contributed by atoms with van der Waals surface area (Å²) in [6.45, 7) is 1.85. The van der Waals surface area contributed by atoms with Gasteiger partial charge in [-0.2, -0.15) is 0 Å². The Morgan fingerprint density at radius 3 is 1.38 bits per heavy atom. The molecule has 0 aliphatic carbocycles. The molecule has 0 bridgehead atoms. The summed E-state index contributed by atoms with van der Waals surface area (Å²) in [6, 6.07) is 20.9. The number of benzene rings is 2. The van der Waals surface area contributed by atoms with Crippen LogP contribution in [0.1, 0.15) is 11.1 Å². The third-order valence-corrected chi connectivity index (χ3v) is 2.34. The number of rotatable bonds is 4. The molecule has 16 heavy (non-hydrogen) atoms. The molecule has 0 saturated heterocycles. The zero-order valence-corrected chi connectivity index (χ0v) is 10.7. The molecule has 0 atom stereocenters. The number of hydrogen-bond acceptors (Lipinski definition) is 1. The zero-order valence-electron chi connectivity index (χ0n) is 9.07. The fourth-order valence-electron chi connectivity index (χ4n) is 1.54. The third-order valence-electron chi connectivity index (χ3n) is 2.34. The van der Waals surface area contributed by atoms with Crippen molar-refractivity contribution in [3.05, 3.63) is 71.8 Å². The van der Waals surface area contributed by atoms with Crippen molar-refractivity contribution in [3.8, 4) is 0 Å². The molecule has 0 saturated carbocycles. The topological polar surface area (TPSA) is 12.0 Å². The van der Waals surface area contributed by atoms with Gasteiger partial charge in [0.15, 0.2) is 0 Å². The summed E-state index contributed by atoms with van der Waals surface area (Å²) in [5.74, 6) is 0. The SMILES string of the molecule is [Br-].c1ccc(CNCc2ccccc2)cc1. The Bertz CT molecular complexity index is 346. The molecule has 2 aromatic rings. The third kappa shape index (κ3) is 4.17. The average molecular weight is 277 g/mol. The standard InChI is InChI=1S/C14H15N.BrH/c1-3-7-13(8-4-1)11-15-12-14-9-5-2-6-10-14;/h1-10,15H,11-12H2;1H/p-1. The fraction of sp³-hybridized carbons (Fsp3) is 0.143. The van der Waals surface area contributed by atoms with Gasteiger partial charge in [-0.15, -0.1) is 0 Å². The normalized spacial score (nSPS) is 9.50. The van der Waals surface area contributed by atoms with Crippen LogP contribution < -0.4 is 22.3 Å². The predicted octanol–water partition coefficient (Wildman–Crippen LogP) is -0.0196. The van der Waals surface area contributed by atoms with E-state index in [2.05, 4.69) is 53.8 Å². The van der Waals surface area contributed by atoms with E-state index in [4.69, 9.17) is 0 Å². The maximum atomic E-state index is 3.42. The van der Waals surface area contributed by atoms with Gasteiger partial charge in [0.1, 0.15) is 0 Å². The van der Waals surface area contributed by atoms with Crippen molar-refractivity contribution >= 4 is 0 Å². The molecule has 0 aromatic heterocycles. The smallest absolute Gasteiger partial charge is 0.0208 e. The molecule has 0 spiro atoms. The van der Waals surface area contributed by atoms with Gasteiger partial charge in [-0.3, -0.25) is 0 Å². The van der Waals surface area contributed by atoms with Crippen LogP contribution >= 0.6 is 0 Å². The minimum absolute atomic E-state index is 0. The molecule has 0 aliphatic heterocycles. The van der Waals surface area contributed by atoms with Crippen LogP contribution in [0.25, 0.3) is 0 Å². The molecule has 2 heteroatoms. The van der Waals surface area contributed by atoms with Crippen LogP contribution in [-0.2, 0) is 13.1 Å². The lowest BCUT2D eigenvalue weighted by molar-refractivity contribution is -0.00000305. The van der Waals surface area contributed by atoms with Crippen LogP contribution in [-0.4, -0.2) is 0 Å². The highest BCUT2D eigenvalue weighted by Crippen LogP contribution is 2.00. The fourth-order valence-corrected chi connectivity index (χ4v) is 1.54. The van der Waals surface area contributed by atoms with Gasteiger partial charge in [-0.1, -0.05) is 60.7 Å². The van der Waals surface area contributed by atoms with Gasteiger partial charge in [-0.25, -0.2) is 0 Å². The molecule has 1 nitrogen and oxygen atoms in total. The Balaban J connectivity index is 0.00000128. The summed E-state index contributed by atoms with van der Waals surface area (Å²) in [5, 5.41) is 3.42. The van der Waals surface area contributed by atoms with E-state index in [0.29, 0.717) is 0 Å². The second-order valence-electron chi connectivity index (χ2n) is 3.57. The first kappa shape index (κ1) is 12.9. The van der Waals surface area contributed by atoms with Crippen molar-refractivity contribution in [1.82, 2.24) is 5.32 Å². The van der Waals surface area contributed by atoms with Gasteiger partial charge >= 0.3 is 0 Å². The molecule has 2 aromatic carbocycles. The molecule has 0 unspecified atom stereocenters. The maximum Gasteiger partial charge on any atom is 0.0208 e. The molecule has 84 valence electrons. The molecular weight excluding hydrogens is 262 g/mol. The van der Waals surface area contributed by atoms with Crippen molar-refractivity contribution in [2.45, 2.75) is 13.1 Å². The summed E-state index contributed by atoms with van der Waals surface area (Å²) in [5.41, 5.74) is 2.65. The van der Waals surface area contributed by atoms with Gasteiger partial charge in [-0.05, 0) is 11.1 Å². The maximum absolute atomic E-state index is 3.42. The van der Waals surface area contributed by atoms with Gasteiger partial charge in [0.2, 0.25) is 0 Å². The predicted molar refractivity (Wildman–Crippen MR) is 63.4 cm³/mol. The van der Waals surface area contributed by atoms with Gasteiger partial charge in [0, 0.05) is 13.1 Å². The van der Waals surface area contributed by atoms with Crippen molar-refractivity contribution in [2.24, 2.45) is 0 Å². The highest BCUT2D eigenvalue weighted by atomic mass is 79.9. The minimum Gasteiger partial charge on any atom is -1.00 e. The quantitative estimate of drug-likeness (QED) is 0.828. The monoisotopic (exact) mass is 276 g/mol. The lowest BCUT2D eigenvalue weighted by atomic mass is 10.2. The number of nitrogens with one attached hydrogen (secondary N) is 1. The van der Waals surface area contributed by atoms with Crippen molar-refractivity contribution in [1.29, 1.82) is 0 Å². The van der Waals surface area contributed by atoms with Gasteiger partial charge in [0.25, 0.3) is 0 Å². The Kier molecular flexibility index (Phi) is 5.83. The summed E-state index contributed by atoms with van der Waals surface area (Å²) < 4.78 is 0. The first-order valence-corrected chi connectivity index (χ1v) is 5.24. The molecular formula is C14H15BrN-. The van der Waals surface area contributed by atoms with E-state index >= 15 is 0 Å². The van der Waals surface area contributed by atoms with E-state index in [-0.39, 0.29) is 17.0 Å². The first-order valence-electron chi connectivity index (χ1n) is 5.24. The molecule has 0 radical (unpaired) electrons. The van der Waals surface area contributed by atoms with Crippen LogP contribution in [0.3, 0.4) is 0 Å². The van der Waals surface area contributed by atoms with E-state index < -0.39 is 0 Å². The molecule has 0 fully saturated rings. The molecule has 0 amide bonds. The largest absolute Gasteiger partial charge is 1.00 e. The molecule has 2 rings (SSSR count). The number of halogens is 1. The zero-order chi connectivity index (χ0) is 10.3. The number of hydrogen-bond donors (Lipinski definition) is 1. The Labute approximate surface area is 107 Å². The Morgan fingerprint density at radius 1 is 0.625 bits per heavy atom. The van der Waals surface area contributed by atoms with Gasteiger partial charge in [0.05, 0.1) is 0 Å². The van der Waals surface area contributed by atoms with Crippen molar-refractivity contribution in [2.75, 3.05) is 0 Å². The van der Waals surface area contributed by atoms with Crippen LogP contribution in [0.4, 0.5) is 0 Å². The summed E-state index contributed by atoms with van der Waals surface area (Å²) >= 11 is 0. The minimum atomic E-state index is 0. The van der Waals surface area contributed by atoms with E-state index in [1.807, 2.05) is 12.1 Å². The van der Waals surface area contributed by atoms with E-state index in [0.717, 1.165) is 13.1 Å². The first-order chi connectivity index (χ1) is 7.45. The summed E-state index contributed by atoms with van der Waals surface area (Å²) in [7, 11) is 0. The Hall–Kier alpha value is -1.12. The summed E-state index contributed by atoms with van der Waals surface area (Å²) in [4.78, 5) is 0. The highest BCUT2D eigenvalue weighted by molar-refractivity contribution is 5.16. The van der Waals surface area contributed by atoms with Gasteiger partial charge < -0.3 is 22.3 Å². The van der Waals surface area contributed by atoms with Crippen LogP contribution in [0, 0.1) is 0 Å². The van der Waals surface area contributed by atoms with Crippen LogP contribution in [0.15, 0.2) is 60.7 Å². The molecule has 0 heterocycles. The lowest BCUT2D eigenvalue weighted by Crippen LogP contribution is -3.00. The molecule has 0 aliphatic rings. The van der Waals surface area contributed by atoms with Crippen molar-refractivity contribution in [3.63, 3.8) is 0 Å². The molecule has 1 N–H and O–H groups in total. The Morgan fingerprint density at radius 2 is 1.00 bits per heavy atom. The van der Waals surface area contributed by atoms with E-state index in [1.165, 1.54) is 11.1 Å². The second kappa shape index (κ2) is 7.20. The van der Waals surface area contributed by atoms with E-state index in [1.54, 1.807) is 0 Å². The summed E-state index contributed by atoms with van der Waals surface area (Å²) in [6.07, 6.45) is 0. The average Bonchev–Trinajstić information content (AvgIpc) is 2.32. The second-order valence-corrected chi connectivity index (χ2v) is 3.57. The van der Waals surface area contributed by atoms with E-state index in [9.17, 15) is 0 Å². The lowest BCUT2D eigenvalue weighted by Gasteiger charge is -2.04. The highest BCUT2D eigenvalue weighted by Gasteiger charge is 1.92. The van der Waals surface area contributed by atoms with Crippen LogP contribution in [0.5, 0.6) is 0 Å². The van der Waals surface area contributed by atoms with Crippen LogP contribution in [0.2, 0.25) is 0 Å². The van der Waals surface area contributed by atoms with Crippen molar-refractivity contribution < 1.29 is 17.0 Å².